The molecule has 0 bridgehead atoms. The van der Waals surface area contributed by atoms with Crippen molar-refractivity contribution < 1.29 is 14.6 Å². The van der Waals surface area contributed by atoms with Crippen LogP contribution in [0, 0.1) is 0 Å². The predicted molar refractivity (Wildman–Crippen MR) is 104 cm³/mol. The lowest BCUT2D eigenvalue weighted by Gasteiger charge is -2.28. The third-order valence-electron chi connectivity index (χ3n) is 4.44. The van der Waals surface area contributed by atoms with Crippen LogP contribution in [0.2, 0.25) is 0 Å². The van der Waals surface area contributed by atoms with E-state index in [1.807, 2.05) is 18.2 Å². The molecule has 2 rings (SSSR count). The highest BCUT2D eigenvalue weighted by atomic mass is 16.5. The molecule has 0 unspecified atom stereocenters. The minimum Gasteiger partial charge on any atom is -0.507 e. The zero-order valence-corrected chi connectivity index (χ0v) is 16.7. The monoisotopic (exact) mass is 342 g/mol. The van der Waals surface area contributed by atoms with E-state index < -0.39 is 0 Å². The number of aromatic hydroxyl groups is 1. The summed E-state index contributed by atoms with van der Waals surface area (Å²) in [5, 5.41) is 10.9. The summed E-state index contributed by atoms with van der Waals surface area (Å²) in [7, 11) is 3.27. The Kier molecular flexibility index (Phi) is 5.08. The Morgan fingerprint density at radius 1 is 0.680 bits per heavy atom. The second-order valence-electron chi connectivity index (χ2n) is 8.49. The van der Waals surface area contributed by atoms with Gasteiger partial charge in [0.15, 0.2) is 11.5 Å². The first-order valence-electron chi connectivity index (χ1n) is 8.59. The average Bonchev–Trinajstić information content (AvgIpc) is 2.52. The highest BCUT2D eigenvalue weighted by molar-refractivity contribution is 5.71. The quantitative estimate of drug-likeness (QED) is 0.781. The van der Waals surface area contributed by atoms with Gasteiger partial charge in [0.1, 0.15) is 5.75 Å². The predicted octanol–water partition coefficient (Wildman–Crippen LogP) is 5.67. The van der Waals surface area contributed by atoms with Crippen molar-refractivity contribution in [1.29, 1.82) is 0 Å². The molecule has 0 atom stereocenters. The van der Waals surface area contributed by atoms with Gasteiger partial charge in [0, 0.05) is 11.1 Å². The van der Waals surface area contributed by atoms with Crippen LogP contribution in [-0.2, 0) is 10.8 Å². The third-order valence-corrected chi connectivity index (χ3v) is 4.44. The summed E-state index contributed by atoms with van der Waals surface area (Å²) in [5.74, 6) is 1.80. The molecule has 25 heavy (non-hydrogen) atoms. The molecule has 0 saturated carbocycles. The highest BCUT2D eigenvalue weighted by Crippen LogP contribution is 2.43. The molecule has 3 nitrogen and oxygen atoms in total. The first kappa shape index (κ1) is 19.2. The Balaban J connectivity index is 2.74. The van der Waals surface area contributed by atoms with Crippen LogP contribution < -0.4 is 9.47 Å². The third kappa shape index (κ3) is 3.92. The molecular formula is C22H30O3. The van der Waals surface area contributed by atoms with Crippen molar-refractivity contribution in [3.8, 4) is 28.4 Å². The maximum atomic E-state index is 10.9. The number of hydrogen-bond donors (Lipinski definition) is 1. The molecule has 0 aliphatic heterocycles. The van der Waals surface area contributed by atoms with Crippen LogP contribution in [0.1, 0.15) is 52.7 Å². The second-order valence-corrected chi connectivity index (χ2v) is 8.49. The fraction of sp³-hybridized carbons (Fsp3) is 0.455. The number of methoxy groups -OCH3 is 2. The molecule has 2 aromatic rings. The Hall–Kier alpha value is -2.16. The zero-order chi connectivity index (χ0) is 19.0. The van der Waals surface area contributed by atoms with Crippen LogP contribution in [0.25, 0.3) is 11.1 Å². The Bertz CT molecular complexity index is 727. The first-order valence-corrected chi connectivity index (χ1v) is 8.59. The SMILES string of the molecule is COc1ccc(-c2cc(C(C)(C)C)c(O)c(C(C)(C)C)c2)cc1OC. The van der Waals surface area contributed by atoms with Gasteiger partial charge in [-0.1, -0.05) is 47.6 Å². The lowest BCUT2D eigenvalue weighted by Crippen LogP contribution is -2.17. The molecular weight excluding hydrogens is 312 g/mol. The van der Waals surface area contributed by atoms with Crippen molar-refractivity contribution in [2.75, 3.05) is 14.2 Å². The largest absolute Gasteiger partial charge is 0.507 e. The van der Waals surface area contributed by atoms with Crippen LogP contribution in [-0.4, -0.2) is 19.3 Å². The molecule has 0 aromatic heterocycles. The molecule has 0 saturated heterocycles. The summed E-state index contributed by atoms with van der Waals surface area (Å²) in [5.41, 5.74) is 3.68. The van der Waals surface area contributed by atoms with Gasteiger partial charge >= 0.3 is 0 Å². The summed E-state index contributed by atoms with van der Waals surface area (Å²) in [6.45, 7) is 12.7. The molecule has 1 N–H and O–H groups in total. The number of hydrogen-bond acceptors (Lipinski definition) is 3. The van der Waals surface area contributed by atoms with Gasteiger partial charge in [-0.25, -0.2) is 0 Å². The Labute approximate surface area is 151 Å². The molecule has 0 aliphatic rings. The van der Waals surface area contributed by atoms with E-state index >= 15 is 0 Å². The summed E-state index contributed by atoms with van der Waals surface area (Å²) >= 11 is 0. The fourth-order valence-electron chi connectivity index (χ4n) is 2.96. The van der Waals surface area contributed by atoms with Crippen LogP contribution in [0.4, 0.5) is 0 Å². The second kappa shape index (κ2) is 6.62. The van der Waals surface area contributed by atoms with Crippen LogP contribution >= 0.6 is 0 Å². The molecule has 3 heteroatoms. The van der Waals surface area contributed by atoms with E-state index in [1.165, 1.54) is 0 Å². The van der Waals surface area contributed by atoms with Gasteiger partial charge in [0.2, 0.25) is 0 Å². The standard InChI is InChI=1S/C22H30O3/c1-21(2,3)16-11-15(12-17(20(16)23)22(4,5)6)14-9-10-18(24-7)19(13-14)25-8/h9-13,23H,1-8H3. The minimum atomic E-state index is -0.156. The van der Waals surface area contributed by atoms with Gasteiger partial charge in [0.25, 0.3) is 0 Å². The smallest absolute Gasteiger partial charge is 0.161 e. The maximum Gasteiger partial charge on any atom is 0.161 e. The first-order chi connectivity index (χ1) is 11.5. The van der Waals surface area contributed by atoms with Crippen LogP contribution in [0.3, 0.4) is 0 Å². The Morgan fingerprint density at radius 2 is 1.16 bits per heavy atom. The highest BCUT2D eigenvalue weighted by Gasteiger charge is 2.27. The molecule has 0 radical (unpaired) electrons. The number of benzene rings is 2. The number of phenols is 1. The van der Waals surface area contributed by atoms with E-state index in [2.05, 4.69) is 53.7 Å². The fourth-order valence-corrected chi connectivity index (χ4v) is 2.96. The van der Waals surface area contributed by atoms with Crippen molar-refractivity contribution in [3.05, 3.63) is 41.5 Å². The van der Waals surface area contributed by atoms with Crippen molar-refractivity contribution in [3.63, 3.8) is 0 Å². The molecule has 2 aromatic carbocycles. The van der Waals surface area contributed by atoms with Crippen molar-refractivity contribution in [2.24, 2.45) is 0 Å². The molecule has 0 heterocycles. The number of ether oxygens (including phenoxy) is 2. The van der Waals surface area contributed by atoms with E-state index in [0.717, 1.165) is 22.3 Å². The average molecular weight is 342 g/mol. The number of phenolic OH excluding ortho intramolecular Hbond substituents is 1. The van der Waals surface area contributed by atoms with E-state index in [-0.39, 0.29) is 10.8 Å². The van der Waals surface area contributed by atoms with E-state index in [0.29, 0.717) is 17.2 Å². The number of rotatable bonds is 3. The van der Waals surface area contributed by atoms with Gasteiger partial charge in [-0.2, -0.15) is 0 Å². The van der Waals surface area contributed by atoms with Gasteiger partial charge in [-0.05, 0) is 46.2 Å². The molecule has 136 valence electrons. The summed E-state index contributed by atoms with van der Waals surface area (Å²) in [6.07, 6.45) is 0. The zero-order valence-electron chi connectivity index (χ0n) is 16.7. The van der Waals surface area contributed by atoms with Crippen LogP contribution in [0.5, 0.6) is 17.2 Å². The van der Waals surface area contributed by atoms with Gasteiger partial charge < -0.3 is 14.6 Å². The van der Waals surface area contributed by atoms with E-state index in [9.17, 15) is 5.11 Å². The molecule has 0 aliphatic carbocycles. The van der Waals surface area contributed by atoms with E-state index in [1.54, 1.807) is 14.2 Å². The topological polar surface area (TPSA) is 38.7 Å². The molecule has 0 amide bonds. The van der Waals surface area contributed by atoms with Crippen molar-refractivity contribution in [1.82, 2.24) is 0 Å². The minimum absolute atomic E-state index is 0.156. The lowest BCUT2D eigenvalue weighted by atomic mass is 9.78. The van der Waals surface area contributed by atoms with Crippen molar-refractivity contribution >= 4 is 0 Å². The normalized spacial score (nSPS) is 12.2. The van der Waals surface area contributed by atoms with Crippen LogP contribution in [0.15, 0.2) is 30.3 Å². The summed E-state index contributed by atoms with van der Waals surface area (Å²) in [6, 6.07) is 10.1. The summed E-state index contributed by atoms with van der Waals surface area (Å²) in [4.78, 5) is 0. The lowest BCUT2D eigenvalue weighted by molar-refractivity contribution is 0.355. The maximum absolute atomic E-state index is 10.9. The van der Waals surface area contributed by atoms with Gasteiger partial charge in [0.05, 0.1) is 14.2 Å². The van der Waals surface area contributed by atoms with Gasteiger partial charge in [-0.3, -0.25) is 0 Å². The molecule has 0 fully saturated rings. The van der Waals surface area contributed by atoms with Gasteiger partial charge in [-0.15, -0.1) is 0 Å². The molecule has 0 spiro atoms. The summed E-state index contributed by atoms with van der Waals surface area (Å²) < 4.78 is 10.8. The van der Waals surface area contributed by atoms with E-state index in [4.69, 9.17) is 9.47 Å². The van der Waals surface area contributed by atoms with Crippen molar-refractivity contribution in [2.45, 2.75) is 52.4 Å². The Morgan fingerprint density at radius 3 is 1.56 bits per heavy atom.